The van der Waals surface area contributed by atoms with E-state index < -0.39 is 5.60 Å². The molecule has 2 amide bonds. The number of nitrogens with one attached hydrogen (secondary N) is 1. The van der Waals surface area contributed by atoms with Gasteiger partial charge in [-0.05, 0) is 40.5 Å². The monoisotopic (exact) mass is 240 g/mol. The van der Waals surface area contributed by atoms with E-state index in [1.165, 1.54) is 0 Å². The summed E-state index contributed by atoms with van der Waals surface area (Å²) in [5.41, 5.74) is -0.520. The van der Waals surface area contributed by atoms with Gasteiger partial charge in [0.05, 0.1) is 6.04 Å². The third-order valence-corrected chi connectivity index (χ3v) is 3.28. The Balaban J connectivity index is 2.15. The highest BCUT2D eigenvalue weighted by Gasteiger charge is 2.49. The molecule has 96 valence electrons. The first-order chi connectivity index (χ1) is 7.79. The Morgan fingerprint density at radius 1 is 1.41 bits per heavy atom. The van der Waals surface area contributed by atoms with E-state index in [-0.39, 0.29) is 30.1 Å². The lowest BCUT2D eigenvalue weighted by Gasteiger charge is -2.39. The van der Waals surface area contributed by atoms with Crippen LogP contribution in [0.1, 0.15) is 40.5 Å². The molecule has 2 heterocycles. The van der Waals surface area contributed by atoms with Crippen LogP contribution in [-0.2, 0) is 9.53 Å². The minimum atomic E-state index is -0.520. The Labute approximate surface area is 101 Å². The third-order valence-electron chi connectivity index (χ3n) is 3.28. The first-order valence-electron chi connectivity index (χ1n) is 6.11. The molecule has 0 aromatic carbocycles. The number of amides is 2. The standard InChI is InChI=1S/C12H20N2O3/c1-7-8-5-6-9(10(15)13-7)14(8)11(16)17-12(2,3)4/h7-9H,5-6H2,1-4H3,(H,13,15)/t7?,8-,9+/m1/s1. The lowest BCUT2D eigenvalue weighted by molar-refractivity contribution is -0.129. The van der Waals surface area contributed by atoms with Crippen molar-refractivity contribution < 1.29 is 14.3 Å². The Morgan fingerprint density at radius 2 is 2.06 bits per heavy atom. The molecule has 2 rings (SSSR count). The summed E-state index contributed by atoms with van der Waals surface area (Å²) in [6, 6.07) is -0.257. The van der Waals surface area contributed by atoms with E-state index in [1.807, 2.05) is 27.7 Å². The molecule has 3 atom stereocenters. The number of nitrogens with zero attached hydrogens (tertiary/aromatic N) is 1. The molecule has 5 heteroatoms. The van der Waals surface area contributed by atoms with Crippen molar-refractivity contribution in [2.24, 2.45) is 0 Å². The van der Waals surface area contributed by atoms with Gasteiger partial charge in [0.1, 0.15) is 11.6 Å². The van der Waals surface area contributed by atoms with Crippen molar-refractivity contribution in [1.82, 2.24) is 10.2 Å². The van der Waals surface area contributed by atoms with E-state index in [1.54, 1.807) is 4.90 Å². The average molecular weight is 240 g/mol. The summed E-state index contributed by atoms with van der Waals surface area (Å²) in [5, 5.41) is 2.90. The SMILES string of the molecule is CC1NC(=O)[C@@H]2CC[C@H]1N2C(=O)OC(C)(C)C. The highest BCUT2D eigenvalue weighted by molar-refractivity contribution is 5.88. The fraction of sp³-hybridized carbons (Fsp3) is 0.833. The summed E-state index contributed by atoms with van der Waals surface area (Å²) in [4.78, 5) is 25.5. The van der Waals surface area contributed by atoms with Gasteiger partial charge in [0.25, 0.3) is 0 Å². The van der Waals surface area contributed by atoms with Crippen molar-refractivity contribution in [3.05, 3.63) is 0 Å². The number of rotatable bonds is 0. The van der Waals surface area contributed by atoms with Crippen LogP contribution in [0.2, 0.25) is 0 Å². The Kier molecular flexibility index (Phi) is 2.79. The molecule has 2 aliphatic rings. The van der Waals surface area contributed by atoms with Crippen LogP contribution in [0.25, 0.3) is 0 Å². The first-order valence-corrected chi connectivity index (χ1v) is 6.11. The van der Waals surface area contributed by atoms with Gasteiger partial charge in [-0.2, -0.15) is 0 Å². The molecule has 2 aliphatic heterocycles. The molecule has 2 saturated heterocycles. The van der Waals surface area contributed by atoms with E-state index >= 15 is 0 Å². The lowest BCUT2D eigenvalue weighted by atomic mass is 10.1. The zero-order valence-corrected chi connectivity index (χ0v) is 10.8. The minimum Gasteiger partial charge on any atom is -0.444 e. The smallest absolute Gasteiger partial charge is 0.411 e. The molecular formula is C12H20N2O3. The molecule has 1 N–H and O–H groups in total. The summed E-state index contributed by atoms with van der Waals surface area (Å²) in [6.45, 7) is 7.43. The second-order valence-corrected chi connectivity index (χ2v) is 5.85. The summed E-state index contributed by atoms with van der Waals surface area (Å²) in [6.07, 6.45) is 1.23. The fourth-order valence-corrected chi connectivity index (χ4v) is 2.58. The van der Waals surface area contributed by atoms with Gasteiger partial charge in [0.15, 0.2) is 0 Å². The summed E-state index contributed by atoms with van der Waals surface area (Å²) < 4.78 is 5.36. The van der Waals surface area contributed by atoms with E-state index in [9.17, 15) is 9.59 Å². The van der Waals surface area contributed by atoms with Crippen LogP contribution in [-0.4, -0.2) is 40.6 Å². The van der Waals surface area contributed by atoms with Gasteiger partial charge >= 0.3 is 6.09 Å². The van der Waals surface area contributed by atoms with Gasteiger partial charge < -0.3 is 10.1 Å². The topological polar surface area (TPSA) is 58.6 Å². The fourth-order valence-electron chi connectivity index (χ4n) is 2.58. The first kappa shape index (κ1) is 12.2. The van der Waals surface area contributed by atoms with Crippen LogP contribution < -0.4 is 5.32 Å². The van der Waals surface area contributed by atoms with Gasteiger partial charge in [-0.25, -0.2) is 4.79 Å². The summed E-state index contributed by atoms with van der Waals surface area (Å²) in [5.74, 6) is -0.0582. The second kappa shape index (κ2) is 3.89. The van der Waals surface area contributed by atoms with Crippen LogP contribution >= 0.6 is 0 Å². The van der Waals surface area contributed by atoms with Gasteiger partial charge in [0, 0.05) is 6.04 Å². The maximum absolute atomic E-state index is 12.1. The van der Waals surface area contributed by atoms with Crippen molar-refractivity contribution in [2.75, 3.05) is 0 Å². The van der Waals surface area contributed by atoms with Gasteiger partial charge in [-0.15, -0.1) is 0 Å². The minimum absolute atomic E-state index is 0.00812. The average Bonchev–Trinajstić information content (AvgIpc) is 2.52. The second-order valence-electron chi connectivity index (χ2n) is 5.85. The van der Waals surface area contributed by atoms with Gasteiger partial charge in [-0.3, -0.25) is 9.69 Å². The molecule has 2 fully saturated rings. The van der Waals surface area contributed by atoms with Crippen LogP contribution in [0.3, 0.4) is 0 Å². The number of ether oxygens (including phenoxy) is 1. The third kappa shape index (κ3) is 2.23. The van der Waals surface area contributed by atoms with Crippen LogP contribution in [0.15, 0.2) is 0 Å². The van der Waals surface area contributed by atoms with Crippen LogP contribution in [0.5, 0.6) is 0 Å². The van der Waals surface area contributed by atoms with Crippen molar-refractivity contribution in [3.63, 3.8) is 0 Å². The summed E-state index contributed by atoms with van der Waals surface area (Å²) in [7, 11) is 0. The summed E-state index contributed by atoms with van der Waals surface area (Å²) >= 11 is 0. The van der Waals surface area contributed by atoms with Crippen LogP contribution in [0, 0.1) is 0 Å². The maximum Gasteiger partial charge on any atom is 0.411 e. The molecule has 2 bridgehead atoms. The highest BCUT2D eigenvalue weighted by atomic mass is 16.6. The zero-order chi connectivity index (χ0) is 12.8. The Hall–Kier alpha value is -1.26. The molecular weight excluding hydrogens is 220 g/mol. The van der Waals surface area contributed by atoms with Crippen molar-refractivity contribution in [1.29, 1.82) is 0 Å². The van der Waals surface area contributed by atoms with Crippen molar-refractivity contribution >= 4 is 12.0 Å². The Bertz CT molecular complexity index is 348. The maximum atomic E-state index is 12.1. The molecule has 1 unspecified atom stereocenters. The van der Waals surface area contributed by atoms with Gasteiger partial charge in [0.2, 0.25) is 5.91 Å². The predicted octanol–water partition coefficient (Wildman–Crippen LogP) is 1.27. The molecule has 0 radical (unpaired) electrons. The van der Waals surface area contributed by atoms with Crippen molar-refractivity contribution in [2.45, 2.75) is 64.3 Å². The lowest BCUT2D eigenvalue weighted by Crippen LogP contribution is -2.62. The number of fused-ring (bicyclic) bond motifs is 2. The molecule has 0 aliphatic carbocycles. The number of piperazine rings is 1. The molecule has 0 spiro atoms. The van der Waals surface area contributed by atoms with Crippen LogP contribution in [0.4, 0.5) is 4.79 Å². The molecule has 17 heavy (non-hydrogen) atoms. The van der Waals surface area contributed by atoms with Crippen molar-refractivity contribution in [3.8, 4) is 0 Å². The Morgan fingerprint density at radius 3 is 2.65 bits per heavy atom. The normalized spacial score (nSPS) is 32.4. The number of hydrogen-bond acceptors (Lipinski definition) is 3. The number of carbonyl (C=O) groups excluding carboxylic acids is 2. The molecule has 0 aromatic rings. The van der Waals surface area contributed by atoms with E-state index in [4.69, 9.17) is 4.74 Å². The molecule has 0 aromatic heterocycles. The molecule has 0 saturated carbocycles. The molecule has 5 nitrogen and oxygen atoms in total. The predicted molar refractivity (Wildman–Crippen MR) is 62.5 cm³/mol. The largest absolute Gasteiger partial charge is 0.444 e. The van der Waals surface area contributed by atoms with E-state index in [0.29, 0.717) is 0 Å². The van der Waals surface area contributed by atoms with E-state index in [2.05, 4.69) is 5.32 Å². The van der Waals surface area contributed by atoms with E-state index in [0.717, 1.165) is 12.8 Å². The number of carbonyl (C=O) groups is 2. The quantitative estimate of drug-likeness (QED) is 0.693. The highest BCUT2D eigenvalue weighted by Crippen LogP contribution is 2.31. The zero-order valence-electron chi connectivity index (χ0n) is 10.8. The number of hydrogen-bond donors (Lipinski definition) is 1. The van der Waals surface area contributed by atoms with Gasteiger partial charge in [-0.1, -0.05) is 0 Å².